The Bertz CT molecular complexity index is 1300. The van der Waals surface area contributed by atoms with Crippen LogP contribution in [-0.4, -0.2) is 21.3 Å². The van der Waals surface area contributed by atoms with Crippen molar-refractivity contribution < 1.29 is 28.3 Å². The first-order chi connectivity index (χ1) is 15.3. The minimum Gasteiger partial charge on any atom is -0.478 e. The molecule has 1 heterocycles. The predicted molar refractivity (Wildman–Crippen MR) is 116 cm³/mol. The number of alkyl halides is 3. The number of nitrogens with zero attached hydrogens (tertiary/aromatic N) is 1. The number of carboxylic acids is 1. The average molecular weight is 456 g/mol. The Kier molecular flexibility index (Phi) is 5.68. The number of hydrogen-bond donors (Lipinski definition) is 3. The molecule has 0 atom stereocenters. The van der Waals surface area contributed by atoms with E-state index in [1.54, 1.807) is 36.4 Å². The molecule has 0 aliphatic heterocycles. The van der Waals surface area contributed by atoms with Gasteiger partial charge in [-0.15, -0.1) is 11.3 Å². The van der Waals surface area contributed by atoms with E-state index in [4.69, 9.17) is 0 Å². The molecule has 3 aromatic carbocycles. The normalized spacial score (nSPS) is 11.4. The van der Waals surface area contributed by atoms with E-state index in [2.05, 4.69) is 10.5 Å². The second kappa shape index (κ2) is 8.45. The van der Waals surface area contributed by atoms with Crippen molar-refractivity contribution in [1.29, 1.82) is 0 Å². The lowest BCUT2D eigenvalue weighted by molar-refractivity contribution is -0.137. The molecule has 0 aliphatic carbocycles. The van der Waals surface area contributed by atoms with Crippen LogP contribution in [0.2, 0.25) is 0 Å². The minimum absolute atomic E-state index is 0.0300. The summed E-state index contributed by atoms with van der Waals surface area (Å²) in [6, 6.07) is 16.5. The third-order valence-corrected chi connectivity index (χ3v) is 5.74. The van der Waals surface area contributed by atoms with Crippen molar-refractivity contribution in [2.24, 2.45) is 0 Å². The zero-order chi connectivity index (χ0) is 22.9. The molecule has 0 fully saturated rings. The smallest absolute Gasteiger partial charge is 0.417 e. The number of aromatic nitrogens is 1. The van der Waals surface area contributed by atoms with Crippen molar-refractivity contribution in [2.75, 3.05) is 5.48 Å². The summed E-state index contributed by atoms with van der Waals surface area (Å²) in [5, 5.41) is 21.0. The monoisotopic (exact) mass is 456 g/mol. The number of anilines is 1. The van der Waals surface area contributed by atoms with Gasteiger partial charge in [-0.3, -0.25) is 10.7 Å². The van der Waals surface area contributed by atoms with E-state index in [1.165, 1.54) is 29.6 Å². The molecule has 0 unspecified atom stereocenters. The van der Waals surface area contributed by atoms with E-state index >= 15 is 0 Å². The van der Waals surface area contributed by atoms with Crippen molar-refractivity contribution in [3.05, 3.63) is 83.2 Å². The van der Waals surface area contributed by atoms with Gasteiger partial charge in [-0.25, -0.2) is 9.78 Å². The average Bonchev–Trinajstić information content (AvgIpc) is 3.28. The molecule has 1 aromatic heterocycles. The highest BCUT2D eigenvalue weighted by Crippen LogP contribution is 2.39. The Balaban J connectivity index is 1.78. The first-order valence-electron chi connectivity index (χ1n) is 9.29. The second-order valence-electron chi connectivity index (χ2n) is 6.80. The third-order valence-electron chi connectivity index (χ3n) is 4.85. The van der Waals surface area contributed by atoms with Gasteiger partial charge in [0, 0.05) is 22.1 Å². The first kappa shape index (κ1) is 21.5. The summed E-state index contributed by atoms with van der Waals surface area (Å²) in [6.07, 6.45) is -4.52. The van der Waals surface area contributed by atoms with Crippen LogP contribution in [0.1, 0.15) is 15.9 Å². The highest BCUT2D eigenvalue weighted by molar-refractivity contribution is 7.13. The van der Waals surface area contributed by atoms with Crippen molar-refractivity contribution in [3.63, 3.8) is 0 Å². The van der Waals surface area contributed by atoms with Crippen LogP contribution >= 0.6 is 11.3 Å². The van der Waals surface area contributed by atoms with E-state index in [-0.39, 0.29) is 16.8 Å². The molecule has 0 radical (unpaired) electrons. The summed E-state index contributed by atoms with van der Waals surface area (Å²) >= 11 is 1.12. The van der Waals surface area contributed by atoms with Gasteiger partial charge in [-0.1, -0.05) is 48.5 Å². The number of carboxylic acid groups (broad SMARTS) is 1. The van der Waals surface area contributed by atoms with Crippen LogP contribution in [0.25, 0.3) is 33.0 Å². The van der Waals surface area contributed by atoms with Gasteiger partial charge in [-0.05, 0) is 23.8 Å². The number of rotatable bonds is 5. The van der Waals surface area contributed by atoms with Crippen LogP contribution in [0.15, 0.2) is 72.1 Å². The highest BCUT2D eigenvalue weighted by Gasteiger charge is 2.33. The number of hydrogen-bond acceptors (Lipinski definition) is 5. The number of thiazole rings is 1. The van der Waals surface area contributed by atoms with Crippen molar-refractivity contribution in [3.8, 4) is 33.0 Å². The second-order valence-corrected chi connectivity index (χ2v) is 7.66. The molecule has 9 heteroatoms. The van der Waals surface area contributed by atoms with Gasteiger partial charge in [0.05, 0.1) is 22.5 Å². The Morgan fingerprint density at radius 1 is 0.938 bits per heavy atom. The lowest BCUT2D eigenvalue weighted by Gasteiger charge is -2.12. The number of halogens is 3. The molecule has 4 rings (SSSR count). The molecular formula is C23H15F3N2O3S. The molecule has 0 saturated carbocycles. The molecule has 0 spiro atoms. The lowest BCUT2D eigenvalue weighted by atomic mass is 9.96. The lowest BCUT2D eigenvalue weighted by Crippen LogP contribution is -2.06. The van der Waals surface area contributed by atoms with Crippen LogP contribution in [-0.2, 0) is 6.18 Å². The molecule has 0 saturated heterocycles. The number of carbonyl (C=O) groups is 1. The molecule has 32 heavy (non-hydrogen) atoms. The maximum atomic E-state index is 13.4. The molecule has 5 nitrogen and oxygen atoms in total. The van der Waals surface area contributed by atoms with Gasteiger partial charge in [0.2, 0.25) is 0 Å². The van der Waals surface area contributed by atoms with Gasteiger partial charge in [-0.2, -0.15) is 13.2 Å². The first-order valence-corrected chi connectivity index (χ1v) is 10.2. The summed E-state index contributed by atoms with van der Waals surface area (Å²) in [6.45, 7) is 0. The predicted octanol–water partition coefficient (Wildman–Crippen LogP) is 6.66. The van der Waals surface area contributed by atoms with E-state index in [0.717, 1.165) is 17.4 Å². The molecule has 4 aromatic rings. The fourth-order valence-electron chi connectivity index (χ4n) is 3.39. The fraction of sp³-hybridized carbons (Fsp3) is 0.0435. The van der Waals surface area contributed by atoms with Gasteiger partial charge >= 0.3 is 12.1 Å². The van der Waals surface area contributed by atoms with Crippen LogP contribution in [0.5, 0.6) is 0 Å². The minimum atomic E-state index is -4.52. The summed E-state index contributed by atoms with van der Waals surface area (Å²) in [4.78, 5) is 16.3. The van der Waals surface area contributed by atoms with Gasteiger partial charge in [0.1, 0.15) is 5.01 Å². The molecule has 0 bridgehead atoms. The highest BCUT2D eigenvalue weighted by atomic mass is 32.1. The molecule has 0 aliphatic rings. The summed E-state index contributed by atoms with van der Waals surface area (Å²) in [5.41, 5.74) is 3.01. The SMILES string of the molecule is O=C(O)c1cc(-c2nc(-c3ccccc3C(F)(F)F)cs2)ccc1-c1ccccc1NO. The zero-order valence-corrected chi connectivity index (χ0v) is 17.0. The molecular weight excluding hydrogens is 441 g/mol. The van der Waals surface area contributed by atoms with Crippen LogP contribution in [0.3, 0.4) is 0 Å². The molecule has 0 amide bonds. The number of aromatic carboxylic acids is 1. The number of para-hydroxylation sites is 1. The van der Waals surface area contributed by atoms with E-state index in [9.17, 15) is 28.3 Å². The fourth-order valence-corrected chi connectivity index (χ4v) is 4.21. The maximum absolute atomic E-state index is 13.4. The Hall–Kier alpha value is -3.69. The van der Waals surface area contributed by atoms with Crippen LogP contribution in [0.4, 0.5) is 18.9 Å². The van der Waals surface area contributed by atoms with Crippen molar-refractivity contribution >= 4 is 23.0 Å². The number of nitrogens with one attached hydrogen (secondary N) is 1. The van der Waals surface area contributed by atoms with Crippen LogP contribution in [0, 0.1) is 0 Å². The maximum Gasteiger partial charge on any atom is 0.417 e. The summed E-state index contributed by atoms with van der Waals surface area (Å²) < 4.78 is 40.1. The van der Waals surface area contributed by atoms with Gasteiger partial charge in [0.15, 0.2) is 0 Å². The Labute approximate surface area is 184 Å². The van der Waals surface area contributed by atoms with Gasteiger partial charge in [0.25, 0.3) is 0 Å². The summed E-state index contributed by atoms with van der Waals surface area (Å²) in [7, 11) is 0. The van der Waals surface area contributed by atoms with Crippen molar-refractivity contribution in [2.45, 2.75) is 6.18 Å². The quantitative estimate of drug-likeness (QED) is 0.293. The Morgan fingerprint density at radius 3 is 2.31 bits per heavy atom. The van der Waals surface area contributed by atoms with Crippen molar-refractivity contribution in [1.82, 2.24) is 4.98 Å². The van der Waals surface area contributed by atoms with E-state index < -0.39 is 17.7 Å². The number of benzene rings is 3. The zero-order valence-electron chi connectivity index (χ0n) is 16.2. The standard InChI is InChI=1S/C23H15F3N2O3S/c24-23(25,26)18-7-3-1-6-16(18)20-12-32-21(27-20)13-9-10-14(17(11-13)22(29)30)15-5-2-4-8-19(15)28-31/h1-12,28,31H,(H,29,30). The third kappa shape index (κ3) is 4.08. The van der Waals surface area contributed by atoms with E-state index in [0.29, 0.717) is 27.4 Å². The van der Waals surface area contributed by atoms with Gasteiger partial charge < -0.3 is 5.11 Å². The molecule has 162 valence electrons. The largest absolute Gasteiger partial charge is 0.478 e. The Morgan fingerprint density at radius 2 is 1.62 bits per heavy atom. The topological polar surface area (TPSA) is 82.5 Å². The molecule has 3 N–H and O–H groups in total. The summed E-state index contributed by atoms with van der Waals surface area (Å²) in [5.74, 6) is -1.19. The van der Waals surface area contributed by atoms with Crippen LogP contribution < -0.4 is 5.48 Å². The van der Waals surface area contributed by atoms with E-state index in [1.807, 2.05) is 0 Å².